The number of hydrogen-bond acceptors (Lipinski definition) is 3. The Morgan fingerprint density at radius 1 is 1.26 bits per heavy atom. The summed E-state index contributed by atoms with van der Waals surface area (Å²) in [4.78, 5) is 36.2. The monoisotopic (exact) mass is 335 g/mol. The summed E-state index contributed by atoms with van der Waals surface area (Å²) in [5.74, 6) is -0.600. The second-order valence-corrected chi connectivity index (χ2v) is 6.57. The van der Waals surface area contributed by atoms with Crippen molar-refractivity contribution in [3.05, 3.63) is 33.2 Å². The largest absolute Gasteiger partial charge is 0.329 e. The van der Waals surface area contributed by atoms with Gasteiger partial charge in [-0.05, 0) is 30.0 Å². The van der Waals surface area contributed by atoms with Crippen LogP contribution in [0.3, 0.4) is 0 Å². The van der Waals surface area contributed by atoms with Crippen LogP contribution < -0.4 is 11.0 Å². The third-order valence-electron chi connectivity index (χ3n) is 4.33. The number of carbonyl (C=O) groups is 2. The van der Waals surface area contributed by atoms with E-state index in [9.17, 15) is 14.4 Å². The van der Waals surface area contributed by atoms with Crippen molar-refractivity contribution >= 4 is 34.4 Å². The van der Waals surface area contributed by atoms with Gasteiger partial charge in [-0.15, -0.1) is 0 Å². The Morgan fingerprint density at radius 2 is 1.96 bits per heavy atom. The first kappa shape index (κ1) is 15.8. The van der Waals surface area contributed by atoms with E-state index in [0.717, 1.165) is 11.1 Å². The van der Waals surface area contributed by atoms with E-state index in [2.05, 4.69) is 5.32 Å². The minimum absolute atomic E-state index is 0.134. The number of aromatic nitrogens is 2. The minimum atomic E-state index is -0.676. The molecule has 1 atom stereocenters. The fourth-order valence-electron chi connectivity index (χ4n) is 3.26. The van der Waals surface area contributed by atoms with Crippen LogP contribution in [0.15, 0.2) is 16.9 Å². The molecule has 2 aromatic rings. The van der Waals surface area contributed by atoms with Crippen LogP contribution in [-0.4, -0.2) is 20.9 Å². The topological polar surface area (TPSA) is 73.1 Å². The highest BCUT2D eigenvalue weighted by Gasteiger charge is 2.32. The Kier molecular flexibility index (Phi) is 3.80. The first-order chi connectivity index (χ1) is 10.8. The predicted octanol–water partition coefficient (Wildman–Crippen LogP) is 2.09. The first-order valence-electron chi connectivity index (χ1n) is 7.56. The molecule has 2 amide bonds. The second kappa shape index (κ2) is 5.53. The summed E-state index contributed by atoms with van der Waals surface area (Å²) in [7, 11) is 1.68. The highest BCUT2D eigenvalue weighted by molar-refractivity contribution is 6.32. The van der Waals surface area contributed by atoms with Gasteiger partial charge in [-0.3, -0.25) is 24.0 Å². The van der Waals surface area contributed by atoms with Crippen LogP contribution in [0.2, 0.25) is 5.02 Å². The predicted molar refractivity (Wildman–Crippen MR) is 87.7 cm³/mol. The SMILES string of the molecule is CC(C)c1c(Cl)ccc2c1n(C)c(=O)n2C1CCC(=O)NC1=O. The first-order valence-corrected chi connectivity index (χ1v) is 7.93. The van der Waals surface area contributed by atoms with Crippen molar-refractivity contribution in [1.29, 1.82) is 0 Å². The molecule has 23 heavy (non-hydrogen) atoms. The number of rotatable bonds is 2. The molecule has 1 unspecified atom stereocenters. The standard InChI is InChI=1S/C16H18ClN3O3/c1-8(2)13-9(17)4-5-10-14(13)19(3)16(23)20(10)11-6-7-12(21)18-15(11)22/h4-5,8,11H,6-7H2,1-3H3,(H,18,21,22). The molecule has 0 saturated carbocycles. The molecule has 0 spiro atoms. The number of imide groups is 1. The van der Waals surface area contributed by atoms with Gasteiger partial charge in [-0.25, -0.2) is 4.79 Å². The molecule has 7 heteroatoms. The third kappa shape index (κ3) is 2.37. The van der Waals surface area contributed by atoms with Crippen LogP contribution in [0, 0.1) is 0 Å². The van der Waals surface area contributed by atoms with E-state index in [1.807, 2.05) is 13.8 Å². The van der Waals surface area contributed by atoms with Gasteiger partial charge >= 0.3 is 5.69 Å². The smallest absolute Gasteiger partial charge is 0.295 e. The summed E-state index contributed by atoms with van der Waals surface area (Å²) in [6.45, 7) is 4.02. The normalized spacial score (nSPS) is 18.7. The molecule has 1 aliphatic heterocycles. The van der Waals surface area contributed by atoms with Crippen LogP contribution in [0.4, 0.5) is 0 Å². The highest BCUT2D eigenvalue weighted by atomic mass is 35.5. The van der Waals surface area contributed by atoms with Gasteiger partial charge in [0.2, 0.25) is 11.8 Å². The Balaban J connectivity index is 2.29. The van der Waals surface area contributed by atoms with Crippen LogP contribution in [-0.2, 0) is 16.6 Å². The van der Waals surface area contributed by atoms with Gasteiger partial charge in [0.25, 0.3) is 0 Å². The van der Waals surface area contributed by atoms with Crippen molar-refractivity contribution in [2.45, 2.75) is 38.6 Å². The lowest BCUT2D eigenvalue weighted by Crippen LogP contribution is -2.44. The maximum atomic E-state index is 12.7. The van der Waals surface area contributed by atoms with Gasteiger partial charge in [-0.2, -0.15) is 0 Å². The molecule has 3 rings (SSSR count). The average Bonchev–Trinajstić information content (AvgIpc) is 2.72. The molecule has 2 heterocycles. The maximum Gasteiger partial charge on any atom is 0.329 e. The molecule has 1 aromatic heterocycles. The number of carbonyl (C=O) groups excluding carboxylic acids is 2. The number of hydrogen-bond donors (Lipinski definition) is 1. The van der Waals surface area contributed by atoms with Crippen LogP contribution >= 0.6 is 11.6 Å². The van der Waals surface area contributed by atoms with Crippen molar-refractivity contribution < 1.29 is 9.59 Å². The van der Waals surface area contributed by atoms with Gasteiger partial charge in [0, 0.05) is 18.5 Å². The number of fused-ring (bicyclic) bond motifs is 1. The number of nitrogens with zero attached hydrogens (tertiary/aromatic N) is 2. The highest BCUT2D eigenvalue weighted by Crippen LogP contribution is 2.33. The molecule has 1 fully saturated rings. The molecular formula is C16H18ClN3O3. The summed E-state index contributed by atoms with van der Waals surface area (Å²) < 4.78 is 3.00. The molecule has 1 aromatic carbocycles. The number of amides is 2. The van der Waals surface area contributed by atoms with Crippen LogP contribution in [0.5, 0.6) is 0 Å². The average molecular weight is 336 g/mol. The molecule has 0 bridgehead atoms. The summed E-state index contributed by atoms with van der Waals surface area (Å²) >= 11 is 6.32. The van der Waals surface area contributed by atoms with Crippen molar-refractivity contribution in [2.24, 2.45) is 7.05 Å². The van der Waals surface area contributed by atoms with Crippen molar-refractivity contribution in [3.63, 3.8) is 0 Å². The molecular weight excluding hydrogens is 318 g/mol. The quantitative estimate of drug-likeness (QED) is 0.854. The molecule has 6 nitrogen and oxygen atoms in total. The molecule has 1 N–H and O–H groups in total. The van der Waals surface area contributed by atoms with Gasteiger partial charge in [0.15, 0.2) is 0 Å². The maximum absolute atomic E-state index is 12.7. The lowest BCUT2D eigenvalue weighted by Gasteiger charge is -2.22. The molecule has 1 aliphatic rings. The molecule has 122 valence electrons. The Hall–Kier alpha value is -2.08. The van der Waals surface area contributed by atoms with Gasteiger partial charge < -0.3 is 0 Å². The van der Waals surface area contributed by atoms with Crippen molar-refractivity contribution in [2.75, 3.05) is 0 Å². The summed E-state index contributed by atoms with van der Waals surface area (Å²) in [6.07, 6.45) is 0.549. The summed E-state index contributed by atoms with van der Waals surface area (Å²) in [6, 6.07) is 2.83. The summed E-state index contributed by atoms with van der Waals surface area (Å²) in [5.41, 5.74) is 2.01. The van der Waals surface area contributed by atoms with E-state index in [-0.39, 0.29) is 23.9 Å². The molecule has 0 radical (unpaired) electrons. The van der Waals surface area contributed by atoms with E-state index >= 15 is 0 Å². The second-order valence-electron chi connectivity index (χ2n) is 6.16. The number of imidazole rings is 1. The Bertz CT molecular complexity index is 879. The van der Waals surface area contributed by atoms with Gasteiger partial charge in [0.1, 0.15) is 6.04 Å². The zero-order valence-corrected chi connectivity index (χ0v) is 14.0. The fourth-order valence-corrected chi connectivity index (χ4v) is 3.63. The minimum Gasteiger partial charge on any atom is -0.295 e. The van der Waals surface area contributed by atoms with E-state index in [1.54, 1.807) is 19.2 Å². The van der Waals surface area contributed by atoms with Gasteiger partial charge in [-0.1, -0.05) is 25.4 Å². The van der Waals surface area contributed by atoms with Gasteiger partial charge in [0.05, 0.1) is 11.0 Å². The number of aryl methyl sites for hydroxylation is 1. The van der Waals surface area contributed by atoms with E-state index < -0.39 is 11.9 Å². The van der Waals surface area contributed by atoms with Crippen LogP contribution in [0.25, 0.3) is 11.0 Å². The number of piperidine rings is 1. The fraction of sp³-hybridized carbons (Fsp3) is 0.438. The lowest BCUT2D eigenvalue weighted by atomic mass is 10.0. The Labute approximate surface area is 138 Å². The Morgan fingerprint density at radius 3 is 2.57 bits per heavy atom. The van der Waals surface area contributed by atoms with Crippen molar-refractivity contribution in [1.82, 2.24) is 14.5 Å². The zero-order chi connectivity index (χ0) is 16.9. The molecule has 1 saturated heterocycles. The van der Waals surface area contributed by atoms with Crippen LogP contribution in [0.1, 0.15) is 44.2 Å². The van der Waals surface area contributed by atoms with E-state index in [4.69, 9.17) is 11.6 Å². The number of nitrogens with one attached hydrogen (secondary N) is 1. The van der Waals surface area contributed by atoms with E-state index in [0.29, 0.717) is 17.0 Å². The summed E-state index contributed by atoms with van der Waals surface area (Å²) in [5, 5.41) is 2.91. The molecule has 0 aliphatic carbocycles. The number of halogens is 1. The zero-order valence-electron chi connectivity index (χ0n) is 13.2. The third-order valence-corrected chi connectivity index (χ3v) is 4.66. The van der Waals surface area contributed by atoms with Crippen molar-refractivity contribution in [3.8, 4) is 0 Å². The van der Waals surface area contributed by atoms with E-state index in [1.165, 1.54) is 9.13 Å². The lowest BCUT2D eigenvalue weighted by molar-refractivity contribution is -0.135. The number of benzene rings is 1.